The van der Waals surface area contributed by atoms with E-state index in [0.29, 0.717) is 11.8 Å². The zero-order valence-electron chi connectivity index (χ0n) is 9.54. The molecule has 0 heterocycles. The molecular weight excluding hydrogens is 266 g/mol. The summed E-state index contributed by atoms with van der Waals surface area (Å²) in [7, 11) is 0. The number of para-hydroxylation sites is 1. The molecule has 2 rings (SSSR count). The molecule has 0 spiro atoms. The average molecular weight is 284 g/mol. The van der Waals surface area contributed by atoms with Crippen LogP contribution in [0.2, 0.25) is 0 Å². The smallest absolute Gasteiger partial charge is 0.134 e. The molecule has 1 saturated carbocycles. The van der Waals surface area contributed by atoms with Gasteiger partial charge in [-0.2, -0.15) is 0 Å². The third kappa shape index (κ3) is 2.58. The molecule has 1 aliphatic rings. The van der Waals surface area contributed by atoms with E-state index in [9.17, 15) is 5.11 Å². The molecule has 16 heavy (non-hydrogen) atoms. The van der Waals surface area contributed by atoms with E-state index < -0.39 is 0 Å². The molecule has 3 heteroatoms. The van der Waals surface area contributed by atoms with Crippen molar-refractivity contribution in [3.8, 4) is 5.75 Å². The minimum absolute atomic E-state index is 0.362. The highest BCUT2D eigenvalue weighted by Gasteiger charge is 2.22. The average Bonchev–Trinajstić information content (AvgIpc) is 2.67. The predicted molar refractivity (Wildman–Crippen MR) is 69.4 cm³/mol. The highest BCUT2D eigenvalue weighted by atomic mass is 79.9. The Morgan fingerprint density at radius 1 is 1.44 bits per heavy atom. The van der Waals surface area contributed by atoms with Gasteiger partial charge in [0.25, 0.3) is 0 Å². The van der Waals surface area contributed by atoms with Gasteiger partial charge < -0.3 is 10.4 Å². The van der Waals surface area contributed by atoms with Crippen LogP contribution in [0.5, 0.6) is 5.75 Å². The molecule has 0 bridgehead atoms. The fourth-order valence-corrected chi connectivity index (χ4v) is 2.80. The standard InChI is InChI=1S/C13H18BrNO/c1-9-4-2-7-12(9)15-8-10-5-3-6-11(14)13(10)16/h3,5-6,9,12,15-16H,2,4,7-8H2,1H3. The Balaban J connectivity index is 1.96. The number of phenols is 1. The van der Waals surface area contributed by atoms with Gasteiger partial charge in [0.1, 0.15) is 5.75 Å². The quantitative estimate of drug-likeness (QED) is 0.891. The fourth-order valence-electron chi connectivity index (χ4n) is 2.39. The van der Waals surface area contributed by atoms with E-state index >= 15 is 0 Å². The van der Waals surface area contributed by atoms with Crippen LogP contribution in [-0.2, 0) is 6.54 Å². The van der Waals surface area contributed by atoms with Crippen molar-refractivity contribution >= 4 is 15.9 Å². The third-order valence-corrected chi connectivity index (χ3v) is 4.13. The largest absolute Gasteiger partial charge is 0.506 e. The molecule has 88 valence electrons. The lowest BCUT2D eigenvalue weighted by Gasteiger charge is -2.17. The van der Waals surface area contributed by atoms with Crippen molar-refractivity contribution in [2.75, 3.05) is 0 Å². The Labute approximate surface area is 105 Å². The summed E-state index contributed by atoms with van der Waals surface area (Å²) < 4.78 is 0.770. The molecule has 2 atom stereocenters. The molecule has 2 N–H and O–H groups in total. The molecule has 0 radical (unpaired) electrons. The second kappa shape index (κ2) is 5.19. The van der Waals surface area contributed by atoms with Crippen LogP contribution >= 0.6 is 15.9 Å². The van der Waals surface area contributed by atoms with Gasteiger partial charge in [-0.3, -0.25) is 0 Å². The van der Waals surface area contributed by atoms with Crippen LogP contribution in [0.1, 0.15) is 31.7 Å². The number of aromatic hydroxyl groups is 1. The Bertz CT molecular complexity index is 367. The van der Waals surface area contributed by atoms with Crippen molar-refractivity contribution in [3.05, 3.63) is 28.2 Å². The van der Waals surface area contributed by atoms with Crippen LogP contribution in [0.3, 0.4) is 0 Å². The van der Waals surface area contributed by atoms with Crippen molar-refractivity contribution in [2.24, 2.45) is 5.92 Å². The van der Waals surface area contributed by atoms with Gasteiger partial charge >= 0.3 is 0 Å². The van der Waals surface area contributed by atoms with Gasteiger partial charge in [0.2, 0.25) is 0 Å². The van der Waals surface area contributed by atoms with Crippen LogP contribution in [0, 0.1) is 5.92 Å². The van der Waals surface area contributed by atoms with E-state index in [0.717, 1.165) is 22.5 Å². The van der Waals surface area contributed by atoms with E-state index in [1.807, 2.05) is 18.2 Å². The van der Waals surface area contributed by atoms with Crippen LogP contribution in [0.15, 0.2) is 22.7 Å². The predicted octanol–water partition coefficient (Wildman–Crippen LogP) is 3.43. The number of halogens is 1. The van der Waals surface area contributed by atoms with E-state index in [1.54, 1.807) is 0 Å². The summed E-state index contributed by atoms with van der Waals surface area (Å²) in [6, 6.07) is 6.39. The van der Waals surface area contributed by atoms with E-state index in [2.05, 4.69) is 28.2 Å². The zero-order valence-corrected chi connectivity index (χ0v) is 11.1. The first kappa shape index (κ1) is 11.9. The first-order chi connectivity index (χ1) is 7.68. The molecule has 0 aromatic heterocycles. The monoisotopic (exact) mass is 283 g/mol. The van der Waals surface area contributed by atoms with Crippen molar-refractivity contribution in [1.29, 1.82) is 0 Å². The zero-order chi connectivity index (χ0) is 11.5. The summed E-state index contributed by atoms with van der Waals surface area (Å²) in [6.07, 6.45) is 3.90. The fraction of sp³-hybridized carbons (Fsp3) is 0.538. The molecule has 2 unspecified atom stereocenters. The topological polar surface area (TPSA) is 32.3 Å². The van der Waals surface area contributed by atoms with Crippen LogP contribution in [0.25, 0.3) is 0 Å². The minimum Gasteiger partial charge on any atom is -0.506 e. The van der Waals surface area contributed by atoms with Crippen LogP contribution < -0.4 is 5.32 Å². The molecule has 0 amide bonds. The Morgan fingerprint density at radius 2 is 2.25 bits per heavy atom. The van der Waals surface area contributed by atoms with E-state index in [1.165, 1.54) is 19.3 Å². The van der Waals surface area contributed by atoms with Crippen molar-refractivity contribution in [3.63, 3.8) is 0 Å². The summed E-state index contributed by atoms with van der Waals surface area (Å²) >= 11 is 3.33. The number of phenolic OH excluding ortho intramolecular Hbond substituents is 1. The molecule has 1 aromatic carbocycles. The second-order valence-corrected chi connectivity index (χ2v) is 5.50. The highest BCUT2D eigenvalue weighted by molar-refractivity contribution is 9.10. The third-order valence-electron chi connectivity index (χ3n) is 3.49. The highest BCUT2D eigenvalue weighted by Crippen LogP contribution is 2.29. The minimum atomic E-state index is 0.362. The molecule has 1 aliphatic carbocycles. The number of hydrogen-bond acceptors (Lipinski definition) is 2. The maximum Gasteiger partial charge on any atom is 0.134 e. The first-order valence-corrected chi connectivity index (χ1v) is 6.67. The van der Waals surface area contributed by atoms with E-state index in [-0.39, 0.29) is 0 Å². The number of rotatable bonds is 3. The molecule has 1 fully saturated rings. The maximum atomic E-state index is 9.85. The second-order valence-electron chi connectivity index (χ2n) is 4.64. The lowest BCUT2D eigenvalue weighted by atomic mass is 10.1. The summed E-state index contributed by atoms with van der Waals surface area (Å²) in [5.41, 5.74) is 0.966. The normalized spacial score (nSPS) is 24.9. The molecule has 1 aromatic rings. The van der Waals surface area contributed by atoms with Crippen molar-refractivity contribution < 1.29 is 5.11 Å². The van der Waals surface area contributed by atoms with Crippen molar-refractivity contribution in [1.82, 2.24) is 5.32 Å². The first-order valence-electron chi connectivity index (χ1n) is 5.88. The Morgan fingerprint density at radius 3 is 2.94 bits per heavy atom. The SMILES string of the molecule is CC1CCCC1NCc1cccc(Br)c1O. The Hall–Kier alpha value is -0.540. The summed E-state index contributed by atoms with van der Waals surface area (Å²) in [4.78, 5) is 0. The van der Waals surface area contributed by atoms with Gasteiger partial charge in [0.15, 0.2) is 0 Å². The van der Waals surface area contributed by atoms with Crippen LogP contribution in [0.4, 0.5) is 0 Å². The van der Waals surface area contributed by atoms with E-state index in [4.69, 9.17) is 0 Å². The number of hydrogen-bond donors (Lipinski definition) is 2. The van der Waals surface area contributed by atoms with Gasteiger partial charge in [-0.25, -0.2) is 0 Å². The van der Waals surface area contributed by atoms with Gasteiger partial charge in [-0.1, -0.05) is 25.5 Å². The van der Waals surface area contributed by atoms with Gasteiger partial charge in [0.05, 0.1) is 4.47 Å². The molecular formula is C13H18BrNO. The molecule has 0 aliphatic heterocycles. The number of benzene rings is 1. The van der Waals surface area contributed by atoms with Crippen LogP contribution in [-0.4, -0.2) is 11.1 Å². The lowest BCUT2D eigenvalue weighted by molar-refractivity contribution is 0.414. The van der Waals surface area contributed by atoms with Gasteiger partial charge in [-0.05, 0) is 40.8 Å². The Kier molecular flexibility index (Phi) is 3.87. The molecule has 2 nitrogen and oxygen atoms in total. The summed E-state index contributed by atoms with van der Waals surface area (Å²) in [5, 5.41) is 13.4. The summed E-state index contributed by atoms with van der Waals surface area (Å²) in [5.74, 6) is 1.12. The summed E-state index contributed by atoms with van der Waals surface area (Å²) in [6.45, 7) is 3.05. The number of nitrogens with one attached hydrogen (secondary N) is 1. The molecule has 0 saturated heterocycles. The van der Waals surface area contributed by atoms with Gasteiger partial charge in [0, 0.05) is 18.2 Å². The van der Waals surface area contributed by atoms with Gasteiger partial charge in [-0.15, -0.1) is 0 Å². The van der Waals surface area contributed by atoms with Crippen molar-refractivity contribution in [2.45, 2.75) is 38.8 Å². The lowest BCUT2D eigenvalue weighted by Crippen LogP contribution is -2.30. The maximum absolute atomic E-state index is 9.85.